The van der Waals surface area contributed by atoms with Crippen LogP contribution in [0.5, 0.6) is 11.5 Å². The number of hydrogen-bond acceptors (Lipinski definition) is 6. The molecule has 1 unspecified atom stereocenters. The molecule has 168 valence electrons. The van der Waals surface area contributed by atoms with Gasteiger partial charge in [-0.3, -0.25) is 4.79 Å². The second kappa shape index (κ2) is 10.1. The lowest BCUT2D eigenvalue weighted by molar-refractivity contribution is -0.0512. The highest BCUT2D eigenvalue weighted by atomic mass is 32.1. The van der Waals surface area contributed by atoms with E-state index in [1.54, 1.807) is 6.92 Å². The number of carbonyl (C=O) groups is 2. The molecule has 1 heterocycles. The van der Waals surface area contributed by atoms with Crippen molar-refractivity contribution >= 4 is 28.2 Å². The molecule has 0 saturated heterocycles. The van der Waals surface area contributed by atoms with Crippen molar-refractivity contribution in [1.29, 1.82) is 0 Å². The molecule has 3 rings (SSSR count). The number of alkyl halides is 2. The number of thiophene rings is 1. The number of benzene rings is 1. The summed E-state index contributed by atoms with van der Waals surface area (Å²) in [6.45, 7) is 1.10. The van der Waals surface area contributed by atoms with Crippen LogP contribution >= 0.6 is 11.3 Å². The van der Waals surface area contributed by atoms with Crippen LogP contribution in [0.25, 0.3) is 0 Å². The van der Waals surface area contributed by atoms with E-state index < -0.39 is 18.5 Å². The summed E-state index contributed by atoms with van der Waals surface area (Å²) in [4.78, 5) is 26.6. The maximum atomic E-state index is 12.9. The van der Waals surface area contributed by atoms with Gasteiger partial charge in [0.05, 0.1) is 19.3 Å². The summed E-state index contributed by atoms with van der Waals surface area (Å²) in [6, 6.07) is 3.93. The molecule has 6 nitrogen and oxygen atoms in total. The highest BCUT2D eigenvalue weighted by Crippen LogP contribution is 2.41. The van der Waals surface area contributed by atoms with Gasteiger partial charge in [0.2, 0.25) is 0 Å². The van der Waals surface area contributed by atoms with E-state index in [4.69, 9.17) is 9.47 Å². The Kier molecular flexibility index (Phi) is 7.48. The molecule has 0 bridgehead atoms. The standard InChI is InChI=1S/C22H25F2NO5S/c1-4-12-6-8-14-17(10-12)31-20(18(14)21(27)29-5-2)25-19(26)13-7-9-15(30-22(23)24)16(11-13)28-3/h7,9,11-12,22H,4-6,8,10H2,1-3H3,(H,25,26). The maximum absolute atomic E-state index is 12.9. The summed E-state index contributed by atoms with van der Waals surface area (Å²) in [5, 5.41) is 3.24. The van der Waals surface area contributed by atoms with Gasteiger partial charge in [-0.1, -0.05) is 13.3 Å². The number of ether oxygens (including phenoxy) is 3. The van der Waals surface area contributed by atoms with Crippen LogP contribution in [0.1, 0.15) is 57.8 Å². The first-order valence-electron chi connectivity index (χ1n) is 10.1. The number of amides is 1. The second-order valence-corrected chi connectivity index (χ2v) is 8.25. The molecule has 1 aliphatic carbocycles. The number of esters is 1. The number of rotatable bonds is 8. The minimum atomic E-state index is -3.01. The van der Waals surface area contributed by atoms with E-state index >= 15 is 0 Å². The predicted molar refractivity (Wildman–Crippen MR) is 114 cm³/mol. The number of hydrogen-bond donors (Lipinski definition) is 1. The zero-order valence-corrected chi connectivity index (χ0v) is 18.4. The minimum Gasteiger partial charge on any atom is -0.493 e. The number of anilines is 1. The van der Waals surface area contributed by atoms with Crippen molar-refractivity contribution in [2.24, 2.45) is 5.92 Å². The fourth-order valence-electron chi connectivity index (χ4n) is 3.69. The largest absolute Gasteiger partial charge is 0.493 e. The maximum Gasteiger partial charge on any atom is 0.387 e. The molecule has 1 amide bonds. The quantitative estimate of drug-likeness (QED) is 0.549. The number of halogens is 2. The molecule has 9 heteroatoms. The third-order valence-electron chi connectivity index (χ3n) is 5.29. The van der Waals surface area contributed by atoms with E-state index in [0.717, 1.165) is 36.1 Å². The molecule has 0 aliphatic heterocycles. The SMILES string of the molecule is CCOC(=O)c1c(NC(=O)c2ccc(OC(F)F)c(OC)c2)sc2c1CCC(CC)C2. The van der Waals surface area contributed by atoms with Crippen LogP contribution in [-0.2, 0) is 17.6 Å². The molecule has 0 radical (unpaired) electrons. The topological polar surface area (TPSA) is 73.9 Å². The summed E-state index contributed by atoms with van der Waals surface area (Å²) in [5.74, 6) is -0.550. The zero-order valence-electron chi connectivity index (χ0n) is 17.6. The lowest BCUT2D eigenvalue weighted by Crippen LogP contribution is -2.17. The zero-order chi connectivity index (χ0) is 22.5. The van der Waals surface area contributed by atoms with Crippen LogP contribution in [0.4, 0.5) is 13.8 Å². The van der Waals surface area contributed by atoms with Crippen LogP contribution in [0, 0.1) is 5.92 Å². The van der Waals surface area contributed by atoms with Crippen molar-refractivity contribution in [1.82, 2.24) is 0 Å². The smallest absolute Gasteiger partial charge is 0.387 e. The molecule has 1 aromatic carbocycles. The van der Waals surface area contributed by atoms with Crippen molar-refractivity contribution in [2.45, 2.75) is 46.1 Å². The van der Waals surface area contributed by atoms with Gasteiger partial charge in [-0.05, 0) is 55.9 Å². The van der Waals surface area contributed by atoms with Gasteiger partial charge in [-0.25, -0.2) is 4.79 Å². The Balaban J connectivity index is 1.90. The van der Waals surface area contributed by atoms with Crippen molar-refractivity contribution in [3.8, 4) is 11.5 Å². The van der Waals surface area contributed by atoms with Gasteiger partial charge in [-0.2, -0.15) is 8.78 Å². The number of nitrogens with one attached hydrogen (secondary N) is 1. The number of methoxy groups -OCH3 is 1. The molecular formula is C22H25F2NO5S. The normalized spacial score (nSPS) is 15.4. The van der Waals surface area contributed by atoms with E-state index in [-0.39, 0.29) is 23.7 Å². The Morgan fingerprint density at radius 3 is 2.68 bits per heavy atom. The fourth-order valence-corrected chi connectivity index (χ4v) is 5.03. The fraction of sp³-hybridized carbons (Fsp3) is 0.455. The molecule has 0 fully saturated rings. The van der Waals surface area contributed by atoms with Gasteiger partial charge in [0, 0.05) is 10.4 Å². The summed E-state index contributed by atoms with van der Waals surface area (Å²) in [7, 11) is 1.30. The molecule has 0 saturated carbocycles. The Bertz CT molecular complexity index is 960. The predicted octanol–water partition coefficient (Wildman–Crippen LogP) is 5.30. The first-order valence-corrected chi connectivity index (χ1v) is 10.9. The Morgan fingerprint density at radius 2 is 2.03 bits per heavy atom. The number of fused-ring (bicyclic) bond motifs is 1. The van der Waals surface area contributed by atoms with E-state index in [2.05, 4.69) is 17.0 Å². The van der Waals surface area contributed by atoms with Crippen molar-refractivity contribution in [3.63, 3.8) is 0 Å². The summed E-state index contributed by atoms with van der Waals surface area (Å²) in [5.41, 5.74) is 1.54. The van der Waals surface area contributed by atoms with Gasteiger partial charge in [0.25, 0.3) is 5.91 Å². The summed E-state index contributed by atoms with van der Waals surface area (Å²) >= 11 is 1.39. The van der Waals surface area contributed by atoms with Crippen LogP contribution in [0.15, 0.2) is 18.2 Å². The van der Waals surface area contributed by atoms with Crippen LogP contribution in [-0.4, -0.2) is 32.2 Å². The average Bonchev–Trinajstić information content (AvgIpc) is 3.10. The Hall–Kier alpha value is -2.68. The number of carbonyl (C=O) groups excluding carboxylic acids is 2. The van der Waals surface area contributed by atoms with Crippen molar-refractivity contribution in [2.75, 3.05) is 19.0 Å². The molecule has 1 aliphatic rings. The molecule has 0 spiro atoms. The third kappa shape index (κ3) is 5.15. The molecule has 1 atom stereocenters. The Morgan fingerprint density at radius 1 is 1.26 bits per heavy atom. The van der Waals surface area contributed by atoms with E-state index in [1.165, 1.54) is 36.6 Å². The van der Waals surface area contributed by atoms with Gasteiger partial charge in [0.1, 0.15) is 5.00 Å². The van der Waals surface area contributed by atoms with E-state index in [9.17, 15) is 18.4 Å². The third-order valence-corrected chi connectivity index (χ3v) is 6.46. The van der Waals surface area contributed by atoms with E-state index in [0.29, 0.717) is 16.5 Å². The minimum absolute atomic E-state index is 0.00910. The van der Waals surface area contributed by atoms with Gasteiger partial charge < -0.3 is 19.5 Å². The first-order chi connectivity index (χ1) is 14.9. The molecule has 2 aromatic rings. The van der Waals surface area contributed by atoms with Crippen molar-refractivity contribution < 1.29 is 32.6 Å². The van der Waals surface area contributed by atoms with Crippen LogP contribution in [0.3, 0.4) is 0 Å². The average molecular weight is 454 g/mol. The Labute approximate surface area is 183 Å². The molecular weight excluding hydrogens is 428 g/mol. The summed E-state index contributed by atoms with van der Waals surface area (Å²) < 4.78 is 39.8. The van der Waals surface area contributed by atoms with Crippen molar-refractivity contribution in [3.05, 3.63) is 39.8 Å². The lowest BCUT2D eigenvalue weighted by atomic mass is 9.85. The van der Waals surface area contributed by atoms with Gasteiger partial charge in [-0.15, -0.1) is 11.3 Å². The molecule has 1 N–H and O–H groups in total. The van der Waals surface area contributed by atoms with Gasteiger partial charge >= 0.3 is 12.6 Å². The first kappa shape index (κ1) is 23.0. The monoisotopic (exact) mass is 453 g/mol. The summed E-state index contributed by atoms with van der Waals surface area (Å²) in [6.07, 6.45) is 3.68. The highest BCUT2D eigenvalue weighted by Gasteiger charge is 2.30. The molecule has 1 aromatic heterocycles. The lowest BCUT2D eigenvalue weighted by Gasteiger charge is -2.20. The van der Waals surface area contributed by atoms with E-state index in [1.807, 2.05) is 0 Å². The van der Waals surface area contributed by atoms with Crippen LogP contribution in [0.2, 0.25) is 0 Å². The molecule has 31 heavy (non-hydrogen) atoms. The second-order valence-electron chi connectivity index (χ2n) is 7.14. The van der Waals surface area contributed by atoms with Gasteiger partial charge in [0.15, 0.2) is 11.5 Å². The highest BCUT2D eigenvalue weighted by molar-refractivity contribution is 7.17. The van der Waals surface area contributed by atoms with Crippen LogP contribution < -0.4 is 14.8 Å².